The maximum absolute atomic E-state index is 13.4. The summed E-state index contributed by atoms with van der Waals surface area (Å²) in [4.78, 5) is 30.1. The molecule has 1 fully saturated rings. The van der Waals surface area contributed by atoms with E-state index in [0.29, 0.717) is 17.0 Å². The highest BCUT2D eigenvalue weighted by Crippen LogP contribution is 2.34. The molecule has 3 aromatic rings. The number of nitrogens with zero attached hydrogens (tertiary/aromatic N) is 4. The number of para-hydroxylation sites is 2. The molecule has 0 bridgehead atoms. The summed E-state index contributed by atoms with van der Waals surface area (Å²) in [5.74, 6) is 0.367. The number of aromatic nitrogens is 2. The van der Waals surface area contributed by atoms with Crippen molar-refractivity contribution in [3.05, 3.63) is 72.6 Å². The molecule has 0 N–H and O–H groups in total. The number of benzene rings is 2. The minimum atomic E-state index is -0.694. The number of ether oxygens (including phenoxy) is 1. The van der Waals surface area contributed by atoms with Crippen molar-refractivity contribution in [1.82, 2.24) is 14.7 Å². The van der Waals surface area contributed by atoms with Gasteiger partial charge in [-0.1, -0.05) is 12.1 Å². The Labute approximate surface area is 180 Å². The quantitative estimate of drug-likeness (QED) is 0.657. The summed E-state index contributed by atoms with van der Waals surface area (Å²) < 4.78 is 7.78. The van der Waals surface area contributed by atoms with Crippen LogP contribution in [0.4, 0.5) is 5.69 Å². The molecule has 7 heteroatoms. The number of piperidine rings is 1. The van der Waals surface area contributed by atoms with E-state index in [9.17, 15) is 9.59 Å². The number of anilines is 1. The Hall–Kier alpha value is -3.61. The Morgan fingerprint density at radius 3 is 2.45 bits per heavy atom. The first kappa shape index (κ1) is 19.4. The molecular weight excluding hydrogens is 392 g/mol. The highest BCUT2D eigenvalue weighted by molar-refractivity contribution is 6.08. The molecule has 1 unspecified atom stereocenters. The van der Waals surface area contributed by atoms with Crippen molar-refractivity contribution >= 4 is 17.5 Å². The maximum Gasteiger partial charge on any atom is 0.265 e. The molecule has 0 aliphatic carbocycles. The van der Waals surface area contributed by atoms with Gasteiger partial charge in [0, 0.05) is 31.0 Å². The average Bonchev–Trinajstić information content (AvgIpc) is 3.38. The van der Waals surface area contributed by atoms with Gasteiger partial charge in [-0.25, -0.2) is 4.68 Å². The minimum Gasteiger partial charge on any atom is -0.476 e. The van der Waals surface area contributed by atoms with Crippen LogP contribution in [-0.4, -0.2) is 52.2 Å². The average molecular weight is 416 g/mol. The summed E-state index contributed by atoms with van der Waals surface area (Å²) in [6, 6.07) is 16.6. The number of carbonyl (C=O) groups excluding carboxylic acids is 2. The molecule has 2 aliphatic heterocycles. The van der Waals surface area contributed by atoms with Crippen LogP contribution < -0.4 is 9.64 Å². The lowest BCUT2D eigenvalue weighted by Crippen LogP contribution is -2.52. The van der Waals surface area contributed by atoms with Crippen LogP contribution in [0.15, 0.2) is 67.0 Å². The van der Waals surface area contributed by atoms with Crippen molar-refractivity contribution in [1.29, 1.82) is 0 Å². The van der Waals surface area contributed by atoms with Gasteiger partial charge in [0.1, 0.15) is 5.75 Å². The Kier molecular flexibility index (Phi) is 5.16. The summed E-state index contributed by atoms with van der Waals surface area (Å²) in [5, 5.41) is 4.22. The Morgan fingerprint density at radius 1 is 0.935 bits per heavy atom. The summed E-state index contributed by atoms with van der Waals surface area (Å²) in [5.41, 5.74) is 2.12. The molecule has 31 heavy (non-hydrogen) atoms. The standard InChI is InChI=1S/C24H24N4O3/c29-23(18-9-11-19(12-10-18)28-16-6-13-25-28)27-17-22(24(30)26-14-4-1-5-15-26)31-21-8-3-2-7-20(21)27/h2-3,6-13,16,22H,1,4-5,14-15,17H2. The molecule has 158 valence electrons. The SMILES string of the molecule is O=C(C1CN(C(=O)c2ccc(-n3cccn3)cc2)c2ccccc2O1)N1CCCCC1. The fourth-order valence-electron chi connectivity index (χ4n) is 4.21. The van der Waals surface area contributed by atoms with Crippen LogP contribution in [0.25, 0.3) is 5.69 Å². The molecule has 0 radical (unpaired) electrons. The number of carbonyl (C=O) groups is 2. The summed E-state index contributed by atoms with van der Waals surface area (Å²) in [7, 11) is 0. The molecule has 1 atom stereocenters. The summed E-state index contributed by atoms with van der Waals surface area (Å²) >= 11 is 0. The van der Waals surface area contributed by atoms with E-state index < -0.39 is 6.10 Å². The molecule has 0 saturated carbocycles. The van der Waals surface area contributed by atoms with Gasteiger partial charge < -0.3 is 14.5 Å². The molecule has 2 aromatic carbocycles. The van der Waals surface area contributed by atoms with E-state index >= 15 is 0 Å². The molecule has 2 amide bonds. The van der Waals surface area contributed by atoms with Gasteiger partial charge in [-0.2, -0.15) is 5.10 Å². The fourth-order valence-corrected chi connectivity index (χ4v) is 4.21. The van der Waals surface area contributed by atoms with Crippen LogP contribution in [0.2, 0.25) is 0 Å². The topological polar surface area (TPSA) is 67.7 Å². The lowest BCUT2D eigenvalue weighted by Gasteiger charge is -2.37. The van der Waals surface area contributed by atoms with E-state index in [-0.39, 0.29) is 18.4 Å². The monoisotopic (exact) mass is 416 g/mol. The van der Waals surface area contributed by atoms with E-state index in [1.54, 1.807) is 27.9 Å². The number of likely N-dealkylation sites (tertiary alicyclic amines) is 1. The second-order valence-corrected chi connectivity index (χ2v) is 7.87. The Bertz CT molecular complexity index is 1070. The van der Waals surface area contributed by atoms with Gasteiger partial charge in [0.25, 0.3) is 11.8 Å². The molecule has 2 aliphatic rings. The number of hydrogen-bond acceptors (Lipinski definition) is 4. The van der Waals surface area contributed by atoms with Gasteiger partial charge in [-0.15, -0.1) is 0 Å². The second-order valence-electron chi connectivity index (χ2n) is 7.87. The normalized spacial score (nSPS) is 18.3. The fraction of sp³-hybridized carbons (Fsp3) is 0.292. The van der Waals surface area contributed by atoms with Crippen molar-refractivity contribution < 1.29 is 14.3 Å². The maximum atomic E-state index is 13.4. The van der Waals surface area contributed by atoms with Crippen molar-refractivity contribution in [2.45, 2.75) is 25.4 Å². The van der Waals surface area contributed by atoms with Crippen LogP contribution in [0.5, 0.6) is 5.75 Å². The van der Waals surface area contributed by atoms with Gasteiger partial charge in [-0.3, -0.25) is 9.59 Å². The van der Waals surface area contributed by atoms with Crippen LogP contribution in [-0.2, 0) is 4.79 Å². The first-order chi connectivity index (χ1) is 15.2. The van der Waals surface area contributed by atoms with E-state index in [0.717, 1.165) is 38.0 Å². The minimum absolute atomic E-state index is 0.0407. The zero-order chi connectivity index (χ0) is 21.2. The molecule has 3 heterocycles. The largest absolute Gasteiger partial charge is 0.476 e. The predicted molar refractivity (Wildman–Crippen MR) is 117 cm³/mol. The van der Waals surface area contributed by atoms with Gasteiger partial charge in [-0.05, 0) is 61.7 Å². The van der Waals surface area contributed by atoms with Gasteiger partial charge in [0.2, 0.25) is 0 Å². The summed E-state index contributed by atoms with van der Waals surface area (Å²) in [6.45, 7) is 1.71. The van der Waals surface area contributed by atoms with Crippen LogP contribution in [0, 0.1) is 0 Å². The van der Waals surface area contributed by atoms with Crippen LogP contribution >= 0.6 is 0 Å². The smallest absolute Gasteiger partial charge is 0.265 e. The first-order valence-electron chi connectivity index (χ1n) is 10.7. The van der Waals surface area contributed by atoms with Crippen molar-refractivity contribution in [3.8, 4) is 11.4 Å². The zero-order valence-electron chi connectivity index (χ0n) is 17.2. The van der Waals surface area contributed by atoms with Gasteiger partial charge in [0.15, 0.2) is 6.10 Å². The van der Waals surface area contributed by atoms with E-state index in [1.807, 2.05) is 53.6 Å². The van der Waals surface area contributed by atoms with E-state index in [1.165, 1.54) is 0 Å². The first-order valence-corrected chi connectivity index (χ1v) is 10.7. The van der Waals surface area contributed by atoms with Crippen molar-refractivity contribution in [2.75, 3.05) is 24.5 Å². The van der Waals surface area contributed by atoms with Crippen molar-refractivity contribution in [3.63, 3.8) is 0 Å². The second kappa shape index (κ2) is 8.26. The van der Waals surface area contributed by atoms with Gasteiger partial charge in [0.05, 0.1) is 17.9 Å². The number of rotatable bonds is 3. The highest BCUT2D eigenvalue weighted by atomic mass is 16.5. The number of amides is 2. The summed E-state index contributed by atoms with van der Waals surface area (Å²) in [6.07, 6.45) is 6.05. The Morgan fingerprint density at radius 2 is 1.71 bits per heavy atom. The van der Waals surface area contributed by atoms with Crippen LogP contribution in [0.1, 0.15) is 29.6 Å². The Balaban J connectivity index is 1.41. The molecule has 5 rings (SSSR count). The third kappa shape index (κ3) is 3.79. The molecule has 7 nitrogen and oxygen atoms in total. The molecule has 1 saturated heterocycles. The molecular formula is C24H24N4O3. The van der Waals surface area contributed by atoms with Crippen molar-refractivity contribution in [2.24, 2.45) is 0 Å². The number of hydrogen-bond donors (Lipinski definition) is 0. The third-order valence-corrected chi connectivity index (χ3v) is 5.85. The zero-order valence-corrected chi connectivity index (χ0v) is 17.2. The molecule has 1 aromatic heterocycles. The lowest BCUT2D eigenvalue weighted by molar-refractivity contribution is -0.139. The van der Waals surface area contributed by atoms with E-state index in [2.05, 4.69) is 5.10 Å². The predicted octanol–water partition coefficient (Wildman–Crippen LogP) is 3.29. The third-order valence-electron chi connectivity index (χ3n) is 5.85. The van der Waals surface area contributed by atoms with E-state index in [4.69, 9.17) is 4.74 Å². The molecule has 0 spiro atoms. The highest BCUT2D eigenvalue weighted by Gasteiger charge is 2.36. The van der Waals surface area contributed by atoms with Crippen LogP contribution in [0.3, 0.4) is 0 Å². The lowest BCUT2D eigenvalue weighted by atomic mass is 10.1. The van der Waals surface area contributed by atoms with Gasteiger partial charge >= 0.3 is 0 Å². The number of fused-ring (bicyclic) bond motifs is 1.